The summed E-state index contributed by atoms with van der Waals surface area (Å²) in [6, 6.07) is -0.139. The van der Waals surface area contributed by atoms with Gasteiger partial charge in [0, 0.05) is 124 Å². The highest BCUT2D eigenvalue weighted by molar-refractivity contribution is 8.00. The van der Waals surface area contributed by atoms with Gasteiger partial charge in [0.15, 0.2) is 0 Å². The van der Waals surface area contributed by atoms with Gasteiger partial charge in [0.2, 0.25) is 100 Å². The second kappa shape index (κ2) is 48.9. The zero-order valence-electron chi connectivity index (χ0n) is 76.0. The third kappa shape index (κ3) is 27.2. The van der Waals surface area contributed by atoms with Gasteiger partial charge in [-0.15, -0.1) is 11.8 Å². The molecule has 10 rings (SSSR count). The summed E-state index contributed by atoms with van der Waals surface area (Å²) in [6.45, 7) is 3.98. The Hall–Kier alpha value is -13.3. The van der Waals surface area contributed by atoms with E-state index in [9.17, 15) is 48.3 Å². The predicted molar refractivity (Wildman–Crippen MR) is 492 cm³/mol. The average Bonchev–Trinajstić information content (AvgIpc) is 1.62. The first-order chi connectivity index (χ1) is 64.1. The Bertz CT molecular complexity index is 5240. The Kier molecular flexibility index (Phi) is 37.5. The number of aromatic amines is 2. The van der Waals surface area contributed by atoms with E-state index in [2.05, 4.69) is 62.8 Å². The molecule has 0 unspecified atom stereocenters. The number of hydrogen-bond acceptors (Lipinski definition) is 22. The standard InChI is InChI=1S/C91H125N23O19S/c1-6-8-21-69-83(125)107-66(43-93)82(124)108-67(78(96)120)48-134-49-76(117)100-63(38-52-29-27-51(3)28-30-52)89(131)112-35-15-14-24-70(112)86(128)106-65(42-75(95)116)90(132)114-37-17-26-72(114)85(127)104-62(41-55-45-97-50-99-55)81(123)102-60(31-32-74(94)115)88(130)113-36-16-25-71(113)84(126)103-61(39-53-44-98-58-20-12-10-18-56(53)58)80(122)101-59(33-34-92)79(121)105-64(87(129)110(5)73(22-9-7-2)91(133)109(69)4)40-54-46-111(47-77(118)119)68-23-13-11-19-57(54)68/h10-13,18-20,23,27-30,44-46,50,59-67,69-73,98H,6-9,14-17,21-22,24-26,31-43,47-49,92-93H2,1-5H3,(H2,94,115)(H2,95,116)(H2,96,120)(H,97,99)(H,100,117)(H,101,122)(H,102,123)(H,103,126)(H,104,127)(H,105,121)(H,106,128)(H,107,125)(H,108,124)(H,118,119)/t59-,60-,61-,62-,63-,64-,65-,66-,67-,69-,70-,71-,72-,73-/m0/s1. The van der Waals surface area contributed by atoms with Crippen molar-refractivity contribution in [2.45, 2.75) is 247 Å². The fraction of sp³-hybridized carbons (Fsp3) is 0.527. The number of primary amides is 3. The summed E-state index contributed by atoms with van der Waals surface area (Å²) >= 11 is 0.839. The van der Waals surface area contributed by atoms with Crippen molar-refractivity contribution >= 4 is 140 Å². The Labute approximate surface area is 778 Å². The predicted octanol–water partition coefficient (Wildman–Crippen LogP) is -2.05. The number of aryl methyl sites for hydroxylation is 1. The lowest BCUT2D eigenvalue weighted by Gasteiger charge is -2.38. The SMILES string of the molecule is CCCC[C@H]1C(=O)N(C)[C@@H](CCCC)C(=O)N[C@@H](CN)C(=O)N[C@H](C(N)=O)CSCC(=O)N[C@@H](Cc2ccc(C)cc2)C(=O)N2CCCC[C@H]2C(=O)N[C@@H](CC(N)=O)C(=O)N2CCC[C@H]2C(=O)N[C@@H](Cc2cnc[nH]2)C(=O)N[C@@H](CCC(N)=O)C(=O)N2CCC[C@H]2C(=O)N[C@@H](Cc2c[nH]c3ccccc23)C(=O)N[C@@H](CCN)C(=O)N[C@@H](Cc2cn(CC(=O)O)c3ccccc23)C(=O)N1C. The van der Waals surface area contributed by atoms with E-state index in [1.54, 1.807) is 79.0 Å². The second-order valence-electron chi connectivity index (χ2n) is 34.6. The number of para-hydroxylation sites is 2. The number of likely N-dealkylation sites (N-methyl/N-ethyl adjacent to an activating group) is 2. The van der Waals surface area contributed by atoms with Crippen molar-refractivity contribution < 1.29 is 91.4 Å². The number of H-pyrrole nitrogens is 2. The van der Waals surface area contributed by atoms with Crippen molar-refractivity contribution in [3.63, 3.8) is 0 Å². The van der Waals surface area contributed by atoms with Crippen molar-refractivity contribution in [3.8, 4) is 0 Å². The number of piperidine rings is 1. The van der Waals surface area contributed by atoms with Gasteiger partial charge >= 0.3 is 5.97 Å². The van der Waals surface area contributed by atoms with Gasteiger partial charge in [-0.05, 0) is 113 Å². The van der Waals surface area contributed by atoms with Gasteiger partial charge < -0.3 is 121 Å². The lowest BCUT2D eigenvalue weighted by atomic mass is 9.97. The monoisotopic (exact) mass is 1880 g/mol. The van der Waals surface area contributed by atoms with Gasteiger partial charge in [-0.3, -0.25) is 86.3 Å². The molecule has 0 saturated carbocycles. The van der Waals surface area contributed by atoms with Crippen LogP contribution in [0.5, 0.6) is 0 Å². The molecule has 7 heterocycles. The van der Waals surface area contributed by atoms with E-state index >= 15 is 43.2 Å². The van der Waals surface area contributed by atoms with Crippen LogP contribution in [0.2, 0.25) is 0 Å². The van der Waals surface area contributed by atoms with Crippen molar-refractivity contribution in [1.29, 1.82) is 0 Å². The van der Waals surface area contributed by atoms with E-state index < -0.39 is 229 Å². The largest absolute Gasteiger partial charge is 0.480 e. The number of nitrogens with two attached hydrogens (primary N) is 5. The number of benzene rings is 3. The number of carboxylic acids is 1. The number of unbranched alkanes of at least 4 members (excludes halogenated alkanes) is 2. The van der Waals surface area contributed by atoms with Gasteiger partial charge in [0.05, 0.1) is 18.5 Å². The Morgan fingerprint density at radius 1 is 0.493 bits per heavy atom. The molecule has 0 bridgehead atoms. The number of amides is 17. The minimum Gasteiger partial charge on any atom is -0.480 e. The fourth-order valence-electron chi connectivity index (χ4n) is 17.6. The summed E-state index contributed by atoms with van der Waals surface area (Å²) in [6.07, 6.45) is 5.67. The number of carbonyl (C=O) groups is 18. The minimum absolute atomic E-state index is 0.00737. The lowest BCUT2D eigenvalue weighted by molar-refractivity contribution is -0.149. The number of carboxylic acid groups (broad SMARTS) is 1. The zero-order chi connectivity index (χ0) is 97.1. The first-order valence-corrected chi connectivity index (χ1v) is 46.6. The van der Waals surface area contributed by atoms with Crippen LogP contribution in [-0.2, 0) is 119 Å². The topological polar surface area (TPSA) is 631 Å². The van der Waals surface area contributed by atoms with E-state index in [0.29, 0.717) is 82.7 Å². The van der Waals surface area contributed by atoms with Crippen molar-refractivity contribution in [3.05, 3.63) is 126 Å². The molecule has 42 nitrogen and oxygen atoms in total. The van der Waals surface area contributed by atoms with E-state index in [1.807, 2.05) is 20.8 Å². The summed E-state index contributed by atoms with van der Waals surface area (Å²) in [5.74, 6) is -17.3. The second-order valence-corrected chi connectivity index (χ2v) is 35.6. The molecule has 22 N–H and O–H groups in total. The van der Waals surface area contributed by atoms with E-state index in [-0.39, 0.29) is 109 Å². The van der Waals surface area contributed by atoms with Crippen molar-refractivity contribution in [2.24, 2.45) is 28.7 Å². The fourth-order valence-corrected chi connectivity index (χ4v) is 18.5. The first-order valence-electron chi connectivity index (χ1n) is 45.5. The Balaban J connectivity index is 1.02. The number of nitrogens with zero attached hydrogens (tertiary/aromatic N) is 7. The third-order valence-corrected chi connectivity index (χ3v) is 25.9. The van der Waals surface area contributed by atoms with Crippen LogP contribution in [0.4, 0.5) is 0 Å². The quantitative estimate of drug-likeness (QED) is 0.0293. The molecule has 4 fully saturated rings. The van der Waals surface area contributed by atoms with Gasteiger partial charge in [-0.1, -0.05) is 106 Å². The van der Waals surface area contributed by atoms with Crippen LogP contribution in [-0.4, -0.2) is 298 Å². The van der Waals surface area contributed by atoms with E-state index in [4.69, 9.17) is 28.7 Å². The maximum Gasteiger partial charge on any atom is 0.323 e. The molecule has 6 aromatic rings. The average molecular weight is 1880 g/mol. The molecule has 134 heavy (non-hydrogen) atoms. The molecule has 0 radical (unpaired) electrons. The molecule has 724 valence electrons. The Morgan fingerprint density at radius 2 is 1.01 bits per heavy atom. The Morgan fingerprint density at radius 3 is 1.61 bits per heavy atom. The molecule has 3 aromatic carbocycles. The number of thioether (sulfide) groups is 1. The summed E-state index contributed by atoms with van der Waals surface area (Å²) < 4.78 is 1.45. The third-order valence-electron chi connectivity index (χ3n) is 24.8. The van der Waals surface area contributed by atoms with Crippen LogP contribution in [0.25, 0.3) is 21.8 Å². The van der Waals surface area contributed by atoms with Crippen molar-refractivity contribution in [1.82, 2.24) is 91.9 Å². The van der Waals surface area contributed by atoms with Crippen LogP contribution < -0.4 is 76.5 Å². The molecule has 17 amide bonds. The molecule has 3 aromatic heterocycles. The number of aromatic nitrogens is 4. The van der Waals surface area contributed by atoms with Crippen LogP contribution >= 0.6 is 11.8 Å². The van der Waals surface area contributed by atoms with Gasteiger partial charge in [0.1, 0.15) is 91.1 Å². The first kappa shape index (κ1) is 103. The van der Waals surface area contributed by atoms with Crippen LogP contribution in [0, 0.1) is 6.92 Å². The normalized spacial score (nSPS) is 24.8. The molecule has 0 spiro atoms. The van der Waals surface area contributed by atoms with Gasteiger partial charge in [0.25, 0.3) is 0 Å². The van der Waals surface area contributed by atoms with E-state index in [0.717, 1.165) is 32.0 Å². The molecule has 4 aliphatic heterocycles. The van der Waals surface area contributed by atoms with Crippen LogP contribution in [0.1, 0.15) is 151 Å². The van der Waals surface area contributed by atoms with Crippen LogP contribution in [0.15, 0.2) is 97.7 Å². The van der Waals surface area contributed by atoms with Crippen molar-refractivity contribution in [2.75, 3.05) is 58.3 Å². The highest BCUT2D eigenvalue weighted by atomic mass is 32.2. The molecular formula is C91H125N23O19S. The number of aliphatic carboxylic acids is 1. The highest BCUT2D eigenvalue weighted by Crippen LogP contribution is 2.29. The number of imidazole rings is 1. The zero-order valence-corrected chi connectivity index (χ0v) is 76.9. The highest BCUT2D eigenvalue weighted by Gasteiger charge is 2.46. The number of fused-ring (bicyclic) bond motifs is 5. The molecule has 0 aliphatic carbocycles. The van der Waals surface area contributed by atoms with E-state index in [1.165, 1.54) is 47.2 Å². The number of rotatable bonds is 25. The number of nitrogens with one attached hydrogen (secondary N) is 11. The van der Waals surface area contributed by atoms with Crippen LogP contribution in [0.3, 0.4) is 0 Å². The summed E-state index contributed by atoms with van der Waals surface area (Å²) in [5, 5.41) is 35.6. The van der Waals surface area contributed by atoms with Gasteiger partial charge in [-0.2, -0.15) is 0 Å². The molecule has 14 atom stereocenters. The number of carbonyl (C=O) groups excluding carboxylic acids is 17. The maximum atomic E-state index is 15.9. The lowest BCUT2D eigenvalue weighted by Crippen LogP contribution is -2.62. The molecule has 4 saturated heterocycles. The summed E-state index contributed by atoms with van der Waals surface area (Å²) in [5.41, 5.74) is 33.6. The number of hydrogen-bond donors (Lipinski definition) is 17. The maximum absolute atomic E-state index is 15.9. The molecule has 43 heteroatoms. The minimum atomic E-state index is -1.73. The molecular weight excluding hydrogens is 1750 g/mol. The summed E-state index contributed by atoms with van der Waals surface area (Å²) in [7, 11) is 2.69. The smallest absolute Gasteiger partial charge is 0.323 e. The molecule has 4 aliphatic rings. The van der Waals surface area contributed by atoms with Gasteiger partial charge in [-0.25, -0.2) is 4.98 Å². The summed E-state index contributed by atoms with van der Waals surface area (Å²) in [4.78, 5) is 279.